The Morgan fingerprint density at radius 2 is 1.50 bits per heavy atom. The molecule has 0 fully saturated rings. The minimum Gasteiger partial charge on any atom is -0.496 e. The van der Waals surface area contributed by atoms with Gasteiger partial charge in [-0.15, -0.1) is 0 Å². The normalized spacial score (nSPS) is 13.9. The van der Waals surface area contributed by atoms with Crippen LogP contribution in [0.2, 0.25) is 0 Å². The number of nitriles is 1. The lowest BCUT2D eigenvalue weighted by Crippen LogP contribution is -2.45. The number of amidine groups is 1. The summed E-state index contributed by atoms with van der Waals surface area (Å²) in [7, 11) is 1.59. The van der Waals surface area contributed by atoms with Crippen LogP contribution in [0.15, 0.2) is 103 Å². The van der Waals surface area contributed by atoms with Gasteiger partial charge in [-0.25, -0.2) is 0 Å². The number of ether oxygens (including phenoxy) is 1. The molecular formula is C32H27N5O3. The zero-order valence-electron chi connectivity index (χ0n) is 22.0. The minimum absolute atomic E-state index is 0.0682. The van der Waals surface area contributed by atoms with Gasteiger partial charge in [-0.1, -0.05) is 30.3 Å². The van der Waals surface area contributed by atoms with Gasteiger partial charge in [0.1, 0.15) is 17.1 Å². The summed E-state index contributed by atoms with van der Waals surface area (Å²) in [6.45, 7) is 0.205. The van der Waals surface area contributed by atoms with Crippen molar-refractivity contribution < 1.29 is 14.3 Å². The molecule has 1 aliphatic rings. The monoisotopic (exact) mass is 529 g/mol. The number of ketones is 1. The molecule has 5 rings (SSSR count). The van der Waals surface area contributed by atoms with E-state index in [1.165, 1.54) is 0 Å². The number of aromatic nitrogens is 2. The highest BCUT2D eigenvalue weighted by Crippen LogP contribution is 2.34. The van der Waals surface area contributed by atoms with Gasteiger partial charge in [0.2, 0.25) is 0 Å². The zero-order chi connectivity index (χ0) is 28.0. The van der Waals surface area contributed by atoms with E-state index in [2.05, 4.69) is 16.0 Å². The van der Waals surface area contributed by atoms with Crippen molar-refractivity contribution in [1.29, 1.82) is 5.26 Å². The molecule has 8 heteroatoms. The molecular weight excluding hydrogens is 502 g/mol. The predicted molar refractivity (Wildman–Crippen MR) is 150 cm³/mol. The third-order valence-corrected chi connectivity index (χ3v) is 6.97. The maximum atomic E-state index is 14.4. The molecule has 2 aromatic carbocycles. The van der Waals surface area contributed by atoms with E-state index in [1.54, 1.807) is 61.1 Å². The summed E-state index contributed by atoms with van der Waals surface area (Å²) in [5, 5.41) is 9.13. The third kappa shape index (κ3) is 5.64. The Balaban J connectivity index is 1.57. The van der Waals surface area contributed by atoms with Crippen LogP contribution in [0.3, 0.4) is 0 Å². The molecule has 2 aromatic heterocycles. The molecule has 0 atom stereocenters. The van der Waals surface area contributed by atoms with Crippen LogP contribution in [0.1, 0.15) is 39.0 Å². The first-order chi connectivity index (χ1) is 19.5. The Morgan fingerprint density at radius 3 is 2.08 bits per heavy atom. The SMILES string of the molecule is COc1ccccc1CN1C(=O)C(Cc2ccncc2)(Cc2ccncc2)N=C1CC(=O)c1ccc(C#N)cc1. The summed E-state index contributed by atoms with van der Waals surface area (Å²) in [6, 6.07) is 23.5. The first kappa shape index (κ1) is 26.4. The largest absolute Gasteiger partial charge is 0.496 e. The van der Waals surface area contributed by atoms with E-state index in [1.807, 2.05) is 48.5 Å². The fourth-order valence-electron chi connectivity index (χ4n) is 4.97. The van der Waals surface area contributed by atoms with Crippen LogP contribution in [-0.4, -0.2) is 45.0 Å². The highest BCUT2D eigenvalue weighted by molar-refractivity contribution is 6.17. The van der Waals surface area contributed by atoms with Gasteiger partial charge in [-0.05, 0) is 53.6 Å². The molecule has 0 saturated carbocycles. The number of carbonyl (C=O) groups excluding carboxylic acids is 2. The van der Waals surface area contributed by atoms with Crippen molar-refractivity contribution in [2.45, 2.75) is 31.3 Å². The lowest BCUT2D eigenvalue weighted by Gasteiger charge is -2.27. The van der Waals surface area contributed by atoms with Crippen molar-refractivity contribution >= 4 is 17.5 Å². The summed E-state index contributed by atoms with van der Waals surface area (Å²) in [6.07, 6.45) is 7.39. The molecule has 0 unspecified atom stereocenters. The van der Waals surface area contributed by atoms with Gasteiger partial charge in [0.05, 0.1) is 31.7 Å². The molecule has 198 valence electrons. The maximum Gasteiger partial charge on any atom is 0.256 e. The number of methoxy groups -OCH3 is 1. The number of benzene rings is 2. The Morgan fingerprint density at radius 1 is 0.900 bits per heavy atom. The van der Waals surface area contributed by atoms with Crippen LogP contribution < -0.4 is 4.74 Å². The summed E-state index contributed by atoms with van der Waals surface area (Å²) < 4.78 is 5.56. The first-order valence-electron chi connectivity index (χ1n) is 12.8. The summed E-state index contributed by atoms with van der Waals surface area (Å²) in [4.78, 5) is 42.8. The molecule has 0 N–H and O–H groups in total. The van der Waals surface area contributed by atoms with Gasteiger partial charge in [-0.3, -0.25) is 29.4 Å². The molecule has 0 aliphatic carbocycles. The van der Waals surface area contributed by atoms with E-state index in [0.29, 0.717) is 35.6 Å². The topological polar surface area (TPSA) is 109 Å². The van der Waals surface area contributed by atoms with Gasteiger partial charge >= 0.3 is 0 Å². The average Bonchev–Trinajstić information content (AvgIpc) is 3.23. The van der Waals surface area contributed by atoms with Crippen LogP contribution in [0.5, 0.6) is 5.75 Å². The fraction of sp³-hybridized carbons (Fsp3) is 0.188. The number of hydrogen-bond acceptors (Lipinski definition) is 7. The fourth-order valence-corrected chi connectivity index (χ4v) is 4.97. The van der Waals surface area contributed by atoms with Crippen molar-refractivity contribution in [2.75, 3.05) is 7.11 Å². The molecule has 3 heterocycles. The molecule has 1 amide bonds. The maximum absolute atomic E-state index is 14.4. The van der Waals surface area contributed by atoms with Crippen LogP contribution in [0.4, 0.5) is 0 Å². The predicted octanol–water partition coefficient (Wildman–Crippen LogP) is 4.59. The Labute approximate surface area is 232 Å². The molecule has 0 saturated heterocycles. The molecule has 1 aliphatic heterocycles. The lowest BCUT2D eigenvalue weighted by molar-refractivity contribution is -0.131. The number of rotatable bonds is 10. The number of pyridine rings is 2. The first-order valence-corrected chi connectivity index (χ1v) is 12.8. The van der Waals surface area contributed by atoms with Gasteiger partial charge in [-0.2, -0.15) is 5.26 Å². The highest BCUT2D eigenvalue weighted by atomic mass is 16.5. The highest BCUT2D eigenvalue weighted by Gasteiger charge is 2.48. The number of para-hydroxylation sites is 1. The van der Waals surface area contributed by atoms with Gasteiger partial charge in [0, 0.05) is 48.8 Å². The van der Waals surface area contributed by atoms with E-state index < -0.39 is 5.54 Å². The molecule has 4 aromatic rings. The number of nitrogens with zero attached hydrogens (tertiary/aromatic N) is 5. The Bertz CT molecular complexity index is 1540. The van der Waals surface area contributed by atoms with Crippen molar-refractivity contribution in [1.82, 2.24) is 14.9 Å². The second kappa shape index (κ2) is 11.7. The molecule has 40 heavy (non-hydrogen) atoms. The second-order valence-corrected chi connectivity index (χ2v) is 9.62. The standard InChI is InChI=1S/C32H27N5O3/c1-40-29-5-3-2-4-27(29)22-37-30(18-28(38)26-8-6-25(21-33)7-9-26)36-32(31(37)39,19-23-10-14-34-15-11-23)20-24-12-16-35-17-13-24/h2-17H,18-20,22H2,1H3. The van der Waals surface area contributed by atoms with Gasteiger partial charge in [0.15, 0.2) is 5.78 Å². The van der Waals surface area contributed by atoms with Crippen molar-refractivity contribution in [3.63, 3.8) is 0 Å². The van der Waals surface area contributed by atoms with Crippen LogP contribution >= 0.6 is 0 Å². The lowest BCUT2D eigenvalue weighted by atomic mass is 9.85. The molecule has 0 bridgehead atoms. The number of amides is 1. The summed E-state index contributed by atoms with van der Waals surface area (Å²) >= 11 is 0. The van der Waals surface area contributed by atoms with Crippen molar-refractivity contribution in [3.05, 3.63) is 125 Å². The van der Waals surface area contributed by atoms with Gasteiger partial charge < -0.3 is 4.74 Å². The molecule has 0 radical (unpaired) electrons. The minimum atomic E-state index is -1.16. The van der Waals surface area contributed by atoms with Gasteiger partial charge in [0.25, 0.3) is 5.91 Å². The number of hydrogen-bond donors (Lipinski definition) is 0. The van der Waals surface area contributed by atoms with Crippen LogP contribution in [-0.2, 0) is 24.2 Å². The number of aliphatic imine (C=N–C) groups is 1. The third-order valence-electron chi connectivity index (χ3n) is 6.97. The van der Waals surface area contributed by atoms with E-state index >= 15 is 0 Å². The van der Waals surface area contributed by atoms with Crippen LogP contribution in [0, 0.1) is 11.3 Å². The van der Waals surface area contributed by atoms with Crippen LogP contribution in [0.25, 0.3) is 0 Å². The number of Topliss-reactive ketones (excluding diaryl/α,β-unsaturated/α-hetero) is 1. The quantitative estimate of drug-likeness (QED) is 0.278. The molecule has 8 nitrogen and oxygen atoms in total. The smallest absolute Gasteiger partial charge is 0.256 e. The molecule has 0 spiro atoms. The Hall–Kier alpha value is -5.16. The van der Waals surface area contributed by atoms with Crippen molar-refractivity contribution in [2.24, 2.45) is 4.99 Å². The van der Waals surface area contributed by atoms with E-state index in [4.69, 9.17) is 15.0 Å². The van der Waals surface area contributed by atoms with Crippen molar-refractivity contribution in [3.8, 4) is 11.8 Å². The van der Waals surface area contributed by atoms with E-state index in [0.717, 1.165) is 16.7 Å². The number of carbonyl (C=O) groups is 2. The average molecular weight is 530 g/mol. The zero-order valence-corrected chi connectivity index (χ0v) is 22.0. The summed E-state index contributed by atoms with van der Waals surface area (Å²) in [5.74, 6) is 0.668. The van der Waals surface area contributed by atoms with E-state index in [-0.39, 0.29) is 24.7 Å². The Kier molecular flexibility index (Phi) is 7.74. The van der Waals surface area contributed by atoms with E-state index in [9.17, 15) is 9.59 Å². The second-order valence-electron chi connectivity index (χ2n) is 9.62. The summed E-state index contributed by atoms with van der Waals surface area (Å²) in [5.41, 5.74) is 2.39.